The fourth-order valence-electron chi connectivity index (χ4n) is 2.40. The van der Waals surface area contributed by atoms with Crippen molar-refractivity contribution < 1.29 is 14.1 Å². The molecule has 2 aromatic rings. The molecule has 8 heteroatoms. The number of hydrogen-bond donors (Lipinski definition) is 0. The molecule has 0 radical (unpaired) electrons. The quantitative estimate of drug-likeness (QED) is 0.455. The number of non-ortho nitro benzene ring substituents is 1. The predicted molar refractivity (Wildman–Crippen MR) is 99.5 cm³/mol. The van der Waals surface area contributed by atoms with Crippen molar-refractivity contribution in [1.29, 1.82) is 0 Å². The topological polar surface area (TPSA) is 75.8 Å². The van der Waals surface area contributed by atoms with E-state index >= 15 is 0 Å². The summed E-state index contributed by atoms with van der Waals surface area (Å²) >= 11 is 1.12. The van der Waals surface area contributed by atoms with Crippen LogP contribution in [-0.2, 0) is 4.79 Å². The Morgan fingerprint density at radius 3 is 2.73 bits per heavy atom. The number of rotatable bonds is 4. The highest BCUT2D eigenvalue weighted by Crippen LogP contribution is 2.34. The molecule has 0 saturated carbocycles. The Labute approximate surface area is 153 Å². The Bertz CT molecular complexity index is 943. The third-order valence-electron chi connectivity index (χ3n) is 3.65. The summed E-state index contributed by atoms with van der Waals surface area (Å²) in [6.07, 6.45) is 1.58. The molecule has 1 amide bonds. The summed E-state index contributed by atoms with van der Waals surface area (Å²) < 4.78 is 13.8. The van der Waals surface area contributed by atoms with E-state index in [0.29, 0.717) is 22.2 Å². The van der Waals surface area contributed by atoms with E-state index < -0.39 is 10.7 Å². The first kappa shape index (κ1) is 17.8. The van der Waals surface area contributed by atoms with Crippen molar-refractivity contribution in [3.05, 3.63) is 74.9 Å². The average Bonchev–Trinajstić information content (AvgIpc) is 2.92. The molecular weight excluding hydrogens is 357 g/mol. The number of halogens is 1. The summed E-state index contributed by atoms with van der Waals surface area (Å²) in [5, 5.41) is 11.3. The SMILES string of the molecule is CCN1C(=O)/C(=C\c2cccc([N+](=O)[O-])c2)SC1=Nc1ccccc1F. The third kappa shape index (κ3) is 3.65. The lowest BCUT2D eigenvalue weighted by Crippen LogP contribution is -2.28. The van der Waals surface area contributed by atoms with E-state index in [9.17, 15) is 19.3 Å². The van der Waals surface area contributed by atoms with Gasteiger partial charge in [-0.25, -0.2) is 9.38 Å². The fourth-order valence-corrected chi connectivity index (χ4v) is 3.45. The molecular formula is C18H14FN3O3S. The van der Waals surface area contributed by atoms with Gasteiger partial charge in [0.2, 0.25) is 0 Å². The smallest absolute Gasteiger partial charge is 0.270 e. The first-order chi connectivity index (χ1) is 12.5. The number of carbonyl (C=O) groups is 1. The summed E-state index contributed by atoms with van der Waals surface area (Å²) in [4.78, 5) is 29.1. The standard InChI is InChI=1S/C18H14FN3O3S/c1-2-21-17(23)16(11-12-6-5-7-13(10-12)22(24)25)26-18(21)20-15-9-4-3-8-14(15)19/h3-11H,2H2,1H3/b16-11+,20-18?. The maximum atomic E-state index is 13.8. The summed E-state index contributed by atoms with van der Waals surface area (Å²) in [6, 6.07) is 12.1. The van der Waals surface area contributed by atoms with Crippen LogP contribution in [0.2, 0.25) is 0 Å². The Morgan fingerprint density at radius 1 is 1.27 bits per heavy atom. The number of nitrogens with zero attached hydrogens (tertiary/aromatic N) is 3. The summed E-state index contributed by atoms with van der Waals surface area (Å²) in [7, 11) is 0. The van der Waals surface area contributed by atoms with Gasteiger partial charge in [0, 0.05) is 18.7 Å². The van der Waals surface area contributed by atoms with E-state index in [2.05, 4.69) is 4.99 Å². The van der Waals surface area contributed by atoms with Crippen molar-refractivity contribution in [2.45, 2.75) is 6.92 Å². The van der Waals surface area contributed by atoms with Crippen molar-refractivity contribution in [3.63, 3.8) is 0 Å². The van der Waals surface area contributed by atoms with Gasteiger partial charge in [0.15, 0.2) is 5.17 Å². The first-order valence-electron chi connectivity index (χ1n) is 7.78. The number of aliphatic imine (C=N–C) groups is 1. The Morgan fingerprint density at radius 2 is 2.04 bits per heavy atom. The maximum Gasteiger partial charge on any atom is 0.270 e. The minimum atomic E-state index is -0.491. The van der Waals surface area contributed by atoms with Gasteiger partial charge < -0.3 is 0 Å². The van der Waals surface area contributed by atoms with E-state index in [4.69, 9.17) is 0 Å². The van der Waals surface area contributed by atoms with Crippen molar-refractivity contribution in [2.75, 3.05) is 6.54 Å². The number of amides is 1. The maximum absolute atomic E-state index is 13.8. The van der Waals surface area contributed by atoms with Crippen molar-refractivity contribution in [2.24, 2.45) is 4.99 Å². The molecule has 0 aliphatic carbocycles. The Kier molecular flexibility index (Phi) is 5.13. The number of amidine groups is 1. The number of benzene rings is 2. The second-order valence-corrected chi connectivity index (χ2v) is 6.37. The number of para-hydroxylation sites is 1. The molecule has 26 heavy (non-hydrogen) atoms. The van der Waals surface area contributed by atoms with E-state index in [0.717, 1.165) is 11.8 Å². The van der Waals surface area contributed by atoms with Gasteiger partial charge in [-0.15, -0.1) is 0 Å². The van der Waals surface area contributed by atoms with Crippen LogP contribution >= 0.6 is 11.8 Å². The monoisotopic (exact) mass is 371 g/mol. The number of nitro groups is 1. The van der Waals surface area contributed by atoms with Crippen LogP contribution in [0.5, 0.6) is 0 Å². The Hall–Kier alpha value is -3.00. The molecule has 6 nitrogen and oxygen atoms in total. The van der Waals surface area contributed by atoms with Crippen LogP contribution in [0, 0.1) is 15.9 Å². The summed E-state index contributed by atoms with van der Waals surface area (Å²) in [5.74, 6) is -0.737. The van der Waals surface area contributed by atoms with Gasteiger partial charge in [0.05, 0.1) is 9.83 Å². The van der Waals surface area contributed by atoms with Gasteiger partial charge >= 0.3 is 0 Å². The number of thioether (sulfide) groups is 1. The average molecular weight is 371 g/mol. The molecule has 3 rings (SSSR count). The van der Waals surface area contributed by atoms with Crippen LogP contribution < -0.4 is 0 Å². The second kappa shape index (κ2) is 7.49. The lowest BCUT2D eigenvalue weighted by Gasteiger charge is -2.12. The molecule has 132 valence electrons. The highest BCUT2D eigenvalue weighted by molar-refractivity contribution is 8.18. The van der Waals surface area contributed by atoms with Crippen molar-refractivity contribution in [1.82, 2.24) is 4.90 Å². The molecule has 0 unspecified atom stereocenters. The zero-order chi connectivity index (χ0) is 18.7. The molecule has 0 N–H and O–H groups in total. The van der Waals surface area contributed by atoms with E-state index in [1.54, 1.807) is 37.3 Å². The van der Waals surface area contributed by atoms with Crippen LogP contribution in [0.15, 0.2) is 58.4 Å². The van der Waals surface area contributed by atoms with Crippen molar-refractivity contribution >= 4 is 40.3 Å². The molecule has 1 saturated heterocycles. The van der Waals surface area contributed by atoms with Gasteiger partial charge in [0.1, 0.15) is 11.5 Å². The molecule has 1 heterocycles. The van der Waals surface area contributed by atoms with E-state index in [-0.39, 0.29) is 17.3 Å². The number of likely N-dealkylation sites (N-methyl/N-ethyl adjacent to an activating group) is 1. The summed E-state index contributed by atoms with van der Waals surface area (Å²) in [6.45, 7) is 2.18. The lowest BCUT2D eigenvalue weighted by molar-refractivity contribution is -0.384. The summed E-state index contributed by atoms with van der Waals surface area (Å²) in [5.41, 5.74) is 0.637. The Balaban J connectivity index is 1.96. The predicted octanol–water partition coefficient (Wildman–Crippen LogP) is 4.36. The van der Waals surface area contributed by atoms with E-state index in [1.165, 1.54) is 29.2 Å². The zero-order valence-electron chi connectivity index (χ0n) is 13.8. The van der Waals surface area contributed by atoms with Crippen LogP contribution in [0.25, 0.3) is 6.08 Å². The second-order valence-electron chi connectivity index (χ2n) is 5.36. The number of hydrogen-bond acceptors (Lipinski definition) is 5. The molecule has 0 atom stereocenters. The molecule has 2 aromatic carbocycles. The zero-order valence-corrected chi connectivity index (χ0v) is 14.6. The lowest BCUT2D eigenvalue weighted by atomic mass is 10.2. The molecule has 0 bridgehead atoms. The minimum Gasteiger partial charge on any atom is -0.287 e. The van der Waals surface area contributed by atoms with Gasteiger partial charge in [0.25, 0.3) is 11.6 Å². The first-order valence-corrected chi connectivity index (χ1v) is 8.60. The highest BCUT2D eigenvalue weighted by Gasteiger charge is 2.32. The minimum absolute atomic E-state index is 0.0533. The largest absolute Gasteiger partial charge is 0.287 e. The fraction of sp³-hybridized carbons (Fsp3) is 0.111. The van der Waals surface area contributed by atoms with Crippen LogP contribution in [0.3, 0.4) is 0 Å². The molecule has 1 fully saturated rings. The number of carbonyl (C=O) groups excluding carboxylic acids is 1. The molecule has 1 aliphatic heterocycles. The third-order valence-corrected chi connectivity index (χ3v) is 4.66. The van der Waals surface area contributed by atoms with Crippen LogP contribution in [0.1, 0.15) is 12.5 Å². The normalized spacial score (nSPS) is 17.3. The molecule has 1 aliphatic rings. The molecule has 0 spiro atoms. The van der Waals surface area contributed by atoms with E-state index in [1.807, 2.05) is 0 Å². The van der Waals surface area contributed by atoms with Crippen molar-refractivity contribution in [3.8, 4) is 0 Å². The highest BCUT2D eigenvalue weighted by atomic mass is 32.2. The van der Waals surface area contributed by atoms with Gasteiger partial charge in [-0.3, -0.25) is 19.8 Å². The van der Waals surface area contributed by atoms with Crippen LogP contribution in [-0.4, -0.2) is 27.4 Å². The van der Waals surface area contributed by atoms with Gasteiger partial charge in [-0.05, 0) is 42.5 Å². The van der Waals surface area contributed by atoms with Crippen LogP contribution in [0.4, 0.5) is 15.8 Å². The molecule has 0 aromatic heterocycles. The van der Waals surface area contributed by atoms with Gasteiger partial charge in [-0.1, -0.05) is 24.3 Å². The van der Waals surface area contributed by atoms with Gasteiger partial charge in [-0.2, -0.15) is 0 Å². The number of nitro benzene ring substituents is 1.